The van der Waals surface area contributed by atoms with Crippen LogP contribution in [0.4, 0.5) is 0 Å². The van der Waals surface area contributed by atoms with E-state index >= 15 is 0 Å². The van der Waals surface area contributed by atoms with Crippen molar-refractivity contribution in [2.45, 2.75) is 13.5 Å². The maximum Gasteiger partial charge on any atom is 0.194 e. The lowest BCUT2D eigenvalue weighted by molar-refractivity contribution is 0.411. The topological polar surface area (TPSA) is 36.9 Å². The van der Waals surface area contributed by atoms with Crippen LogP contribution in [0, 0.1) is 6.92 Å². The van der Waals surface area contributed by atoms with Crippen LogP contribution in [0.5, 0.6) is 5.75 Å². The van der Waals surface area contributed by atoms with E-state index in [0.29, 0.717) is 0 Å². The molecule has 100 valence electrons. The van der Waals surface area contributed by atoms with Crippen LogP contribution >= 0.6 is 24.0 Å². The van der Waals surface area contributed by atoms with Crippen molar-refractivity contribution in [2.24, 2.45) is 4.99 Å². The summed E-state index contributed by atoms with van der Waals surface area (Å²) < 4.78 is 5.31. The van der Waals surface area contributed by atoms with Gasteiger partial charge in [0.25, 0.3) is 0 Å². The minimum absolute atomic E-state index is 0. The summed E-state index contributed by atoms with van der Waals surface area (Å²) in [6.45, 7) is 4.71. The Labute approximate surface area is 125 Å². The number of guanidine groups is 1. The van der Waals surface area contributed by atoms with Crippen LogP contribution in [-0.2, 0) is 6.54 Å². The highest BCUT2D eigenvalue weighted by Crippen LogP contribution is 2.18. The van der Waals surface area contributed by atoms with E-state index in [2.05, 4.69) is 40.5 Å². The molecule has 1 aromatic rings. The number of rotatable bonds is 3. The molecule has 0 aliphatic carbocycles. The van der Waals surface area contributed by atoms with Gasteiger partial charge in [0, 0.05) is 20.1 Å². The van der Waals surface area contributed by atoms with Crippen LogP contribution in [0.1, 0.15) is 11.1 Å². The monoisotopic (exact) mass is 361 g/mol. The van der Waals surface area contributed by atoms with E-state index in [1.54, 1.807) is 7.11 Å². The van der Waals surface area contributed by atoms with Crippen LogP contribution in [0.15, 0.2) is 23.2 Å². The summed E-state index contributed by atoms with van der Waals surface area (Å²) in [5, 5.41) is 3.34. The fourth-order valence-corrected chi connectivity index (χ4v) is 1.88. The van der Waals surface area contributed by atoms with Gasteiger partial charge in [-0.3, -0.25) is 4.99 Å². The van der Waals surface area contributed by atoms with Crippen molar-refractivity contribution in [1.82, 2.24) is 10.2 Å². The van der Waals surface area contributed by atoms with Gasteiger partial charge in [-0.25, -0.2) is 0 Å². The fraction of sp³-hybridized carbons (Fsp3) is 0.462. The lowest BCUT2D eigenvalue weighted by Crippen LogP contribution is -2.35. The number of nitrogens with zero attached hydrogens (tertiary/aromatic N) is 2. The summed E-state index contributed by atoms with van der Waals surface area (Å²) in [4.78, 5) is 6.52. The summed E-state index contributed by atoms with van der Waals surface area (Å²) in [6.07, 6.45) is 0. The molecule has 1 heterocycles. The van der Waals surface area contributed by atoms with Gasteiger partial charge in [-0.1, -0.05) is 12.1 Å². The third-order valence-electron chi connectivity index (χ3n) is 2.98. The maximum absolute atomic E-state index is 5.31. The van der Waals surface area contributed by atoms with Gasteiger partial charge in [-0.2, -0.15) is 0 Å². The summed E-state index contributed by atoms with van der Waals surface area (Å²) in [5.74, 6) is 1.91. The molecule has 0 bridgehead atoms. The van der Waals surface area contributed by atoms with Crippen molar-refractivity contribution in [3.63, 3.8) is 0 Å². The van der Waals surface area contributed by atoms with E-state index in [1.165, 1.54) is 5.56 Å². The van der Waals surface area contributed by atoms with Crippen molar-refractivity contribution < 1.29 is 4.74 Å². The van der Waals surface area contributed by atoms with Gasteiger partial charge in [0.1, 0.15) is 5.75 Å². The van der Waals surface area contributed by atoms with E-state index in [9.17, 15) is 0 Å². The molecule has 0 spiro atoms. The predicted molar refractivity (Wildman–Crippen MR) is 84.9 cm³/mol. The molecule has 1 N–H and O–H groups in total. The summed E-state index contributed by atoms with van der Waals surface area (Å²) >= 11 is 0. The molecule has 0 atom stereocenters. The number of nitrogens with one attached hydrogen (secondary N) is 1. The van der Waals surface area contributed by atoms with Crippen molar-refractivity contribution in [3.05, 3.63) is 29.3 Å². The standard InChI is InChI=1S/C13H19N3O.HI/c1-10-4-5-11(8-12(10)17-3)9-15-13-14-6-7-16(13)2;/h4-5,8H,6-7,9H2,1-3H3,(H,14,15);1H. The van der Waals surface area contributed by atoms with Crippen molar-refractivity contribution in [3.8, 4) is 5.75 Å². The Hall–Kier alpha value is -0.980. The molecule has 0 amide bonds. The van der Waals surface area contributed by atoms with Gasteiger partial charge in [-0.15, -0.1) is 24.0 Å². The van der Waals surface area contributed by atoms with Gasteiger partial charge in [0.15, 0.2) is 5.96 Å². The maximum atomic E-state index is 5.31. The molecule has 18 heavy (non-hydrogen) atoms. The normalized spacial score (nSPS) is 13.9. The van der Waals surface area contributed by atoms with Gasteiger partial charge < -0.3 is 15.0 Å². The molecule has 0 saturated heterocycles. The van der Waals surface area contributed by atoms with E-state index in [4.69, 9.17) is 4.74 Å². The number of aryl methyl sites for hydroxylation is 1. The number of hydrogen-bond acceptors (Lipinski definition) is 4. The van der Waals surface area contributed by atoms with Crippen molar-refractivity contribution >= 4 is 29.9 Å². The van der Waals surface area contributed by atoms with E-state index < -0.39 is 0 Å². The number of benzene rings is 1. The Balaban J connectivity index is 0.00000162. The molecule has 1 aliphatic rings. The van der Waals surface area contributed by atoms with Crippen LogP contribution in [-0.4, -0.2) is 38.1 Å². The molecule has 0 radical (unpaired) electrons. The van der Waals surface area contributed by atoms with Gasteiger partial charge in [0.2, 0.25) is 0 Å². The average Bonchev–Trinajstić information content (AvgIpc) is 2.74. The molecule has 0 aromatic heterocycles. The quantitative estimate of drug-likeness (QED) is 0.837. The number of aliphatic imine (C=N–C) groups is 1. The first-order chi connectivity index (χ1) is 8.20. The number of methoxy groups -OCH3 is 1. The first kappa shape index (κ1) is 15.1. The SMILES string of the molecule is COc1cc(CNC2=NCCN2C)ccc1C.I. The fourth-order valence-electron chi connectivity index (χ4n) is 1.88. The summed E-state index contributed by atoms with van der Waals surface area (Å²) in [6, 6.07) is 6.26. The third-order valence-corrected chi connectivity index (χ3v) is 2.98. The Morgan fingerprint density at radius 2 is 2.22 bits per heavy atom. The molecule has 1 aliphatic heterocycles. The number of halogens is 1. The van der Waals surface area contributed by atoms with E-state index in [1.807, 2.05) is 6.92 Å². The second-order valence-electron chi connectivity index (χ2n) is 4.28. The Bertz CT molecular complexity index is 434. The lowest BCUT2D eigenvalue weighted by Gasteiger charge is -2.15. The largest absolute Gasteiger partial charge is 0.496 e. The average molecular weight is 361 g/mol. The zero-order valence-corrected chi connectivity index (χ0v) is 13.4. The second-order valence-corrected chi connectivity index (χ2v) is 4.28. The Morgan fingerprint density at radius 3 is 2.83 bits per heavy atom. The summed E-state index contributed by atoms with van der Waals surface area (Å²) in [5.41, 5.74) is 2.36. The van der Waals surface area contributed by atoms with Crippen molar-refractivity contribution in [1.29, 1.82) is 0 Å². The lowest BCUT2D eigenvalue weighted by atomic mass is 10.1. The molecule has 5 heteroatoms. The molecular formula is C13H20IN3O. The van der Waals surface area contributed by atoms with Crippen molar-refractivity contribution in [2.75, 3.05) is 27.2 Å². The molecule has 0 unspecified atom stereocenters. The molecule has 0 saturated carbocycles. The highest BCUT2D eigenvalue weighted by Gasteiger charge is 2.11. The van der Waals surface area contributed by atoms with Gasteiger partial charge >= 0.3 is 0 Å². The smallest absolute Gasteiger partial charge is 0.194 e. The van der Waals surface area contributed by atoms with Gasteiger partial charge in [-0.05, 0) is 24.1 Å². The van der Waals surface area contributed by atoms with Gasteiger partial charge in [0.05, 0.1) is 13.7 Å². The molecule has 2 rings (SSSR count). The molecule has 1 aromatic carbocycles. The molecule has 0 fully saturated rings. The van der Waals surface area contributed by atoms with Crippen LogP contribution in [0.25, 0.3) is 0 Å². The molecule has 4 nitrogen and oxygen atoms in total. The van der Waals surface area contributed by atoms with Crippen LogP contribution in [0.3, 0.4) is 0 Å². The highest BCUT2D eigenvalue weighted by atomic mass is 127. The summed E-state index contributed by atoms with van der Waals surface area (Å²) in [7, 11) is 3.75. The third kappa shape index (κ3) is 3.51. The number of hydrogen-bond donors (Lipinski definition) is 1. The first-order valence-corrected chi connectivity index (χ1v) is 5.83. The number of ether oxygens (including phenoxy) is 1. The molecular weight excluding hydrogens is 341 g/mol. The minimum atomic E-state index is 0. The zero-order chi connectivity index (χ0) is 12.3. The number of likely N-dealkylation sites (N-methyl/N-ethyl adjacent to an activating group) is 1. The van der Waals surface area contributed by atoms with E-state index in [0.717, 1.165) is 36.9 Å². The second kappa shape index (κ2) is 6.82. The van der Waals surface area contributed by atoms with E-state index in [-0.39, 0.29) is 24.0 Å². The zero-order valence-electron chi connectivity index (χ0n) is 11.1. The predicted octanol–water partition coefficient (Wildman–Crippen LogP) is 2.01. The minimum Gasteiger partial charge on any atom is -0.496 e. The highest BCUT2D eigenvalue weighted by molar-refractivity contribution is 14.0. The Morgan fingerprint density at radius 1 is 1.44 bits per heavy atom. The first-order valence-electron chi connectivity index (χ1n) is 5.83. The van der Waals surface area contributed by atoms with Crippen LogP contribution in [0.2, 0.25) is 0 Å². The Kier molecular flexibility index (Phi) is 5.71. The van der Waals surface area contributed by atoms with Crippen LogP contribution < -0.4 is 10.1 Å².